The first-order valence-electron chi connectivity index (χ1n) is 10.8. The summed E-state index contributed by atoms with van der Waals surface area (Å²) in [5, 5.41) is 18.9. The minimum absolute atomic E-state index is 0.0675. The molecule has 4 rings (SSSR count). The molecule has 1 amide bonds. The molecule has 0 aliphatic heterocycles. The molecule has 3 aromatic heterocycles. The number of carbonyl (C=O) groups is 1. The largest absolute Gasteiger partial charge is 0.467 e. The molecule has 170 valence electrons. The minimum Gasteiger partial charge on any atom is -0.467 e. The molecule has 0 saturated carbocycles. The van der Waals surface area contributed by atoms with Crippen LogP contribution in [0, 0.1) is 22.7 Å². The Morgan fingerprint density at radius 2 is 2.00 bits per heavy atom. The third-order valence-electron chi connectivity index (χ3n) is 5.60. The molecule has 1 aliphatic carbocycles. The van der Waals surface area contributed by atoms with Crippen LogP contribution < -0.4 is 5.56 Å². The van der Waals surface area contributed by atoms with Gasteiger partial charge in [-0.05, 0) is 43.4 Å². The van der Waals surface area contributed by atoms with Gasteiger partial charge in [-0.1, -0.05) is 11.8 Å². The molecule has 3 aromatic rings. The standard InChI is InChI=1S/C23H23N5O3S2/c24-9-4-11-27(12-5-10-25)19(29)15-32-23-26-21-20(17-7-1-2-8-18(17)33-21)22(30)28(23)14-16-6-3-13-31-16/h3,6,13H,1-2,4-5,7-8,11-12,14-15H2. The first-order valence-corrected chi connectivity index (χ1v) is 12.6. The van der Waals surface area contributed by atoms with Crippen molar-refractivity contribution >= 4 is 39.2 Å². The average Bonchev–Trinajstić information content (AvgIpc) is 3.47. The summed E-state index contributed by atoms with van der Waals surface area (Å²) in [6.07, 6.45) is 6.04. The highest BCUT2D eigenvalue weighted by molar-refractivity contribution is 7.99. The Balaban J connectivity index is 1.65. The topological polar surface area (TPSA) is 116 Å². The van der Waals surface area contributed by atoms with Gasteiger partial charge in [0, 0.05) is 18.0 Å². The van der Waals surface area contributed by atoms with Crippen molar-refractivity contribution in [3.05, 3.63) is 45.0 Å². The molecular formula is C23H23N5O3S2. The first-order chi connectivity index (χ1) is 16.1. The molecule has 3 heterocycles. The van der Waals surface area contributed by atoms with E-state index < -0.39 is 0 Å². The van der Waals surface area contributed by atoms with Crippen molar-refractivity contribution in [1.29, 1.82) is 10.5 Å². The summed E-state index contributed by atoms with van der Waals surface area (Å²) in [5.74, 6) is 0.521. The summed E-state index contributed by atoms with van der Waals surface area (Å²) < 4.78 is 7.07. The quantitative estimate of drug-likeness (QED) is 0.338. The van der Waals surface area contributed by atoms with Gasteiger partial charge in [0.1, 0.15) is 10.6 Å². The molecule has 0 unspecified atom stereocenters. The van der Waals surface area contributed by atoms with Gasteiger partial charge in [0.2, 0.25) is 5.91 Å². The maximum Gasteiger partial charge on any atom is 0.263 e. The summed E-state index contributed by atoms with van der Waals surface area (Å²) in [7, 11) is 0. The monoisotopic (exact) mass is 481 g/mol. The predicted molar refractivity (Wildman–Crippen MR) is 126 cm³/mol. The maximum absolute atomic E-state index is 13.6. The van der Waals surface area contributed by atoms with Crippen LogP contribution in [0.1, 0.15) is 41.9 Å². The van der Waals surface area contributed by atoms with Crippen molar-refractivity contribution in [2.45, 2.75) is 50.2 Å². The van der Waals surface area contributed by atoms with E-state index in [1.165, 1.54) is 21.5 Å². The van der Waals surface area contributed by atoms with Gasteiger partial charge in [-0.15, -0.1) is 11.3 Å². The Bertz CT molecular complexity index is 1260. The number of aromatic nitrogens is 2. The second-order valence-electron chi connectivity index (χ2n) is 7.74. The van der Waals surface area contributed by atoms with E-state index in [-0.39, 0.29) is 49.7 Å². The highest BCUT2D eigenvalue weighted by atomic mass is 32.2. The Morgan fingerprint density at radius 3 is 2.70 bits per heavy atom. The lowest BCUT2D eigenvalue weighted by molar-refractivity contribution is -0.128. The molecular weight excluding hydrogens is 458 g/mol. The number of hydrogen-bond donors (Lipinski definition) is 0. The van der Waals surface area contributed by atoms with Crippen molar-refractivity contribution in [2.75, 3.05) is 18.8 Å². The van der Waals surface area contributed by atoms with Crippen LogP contribution in [0.15, 0.2) is 32.8 Å². The molecule has 0 atom stereocenters. The lowest BCUT2D eigenvalue weighted by atomic mass is 9.97. The number of rotatable bonds is 9. The third-order valence-corrected chi connectivity index (χ3v) is 7.75. The normalized spacial score (nSPS) is 12.8. The zero-order chi connectivity index (χ0) is 23.2. The molecule has 0 bridgehead atoms. The summed E-state index contributed by atoms with van der Waals surface area (Å²) in [6.45, 7) is 0.796. The van der Waals surface area contributed by atoms with Crippen molar-refractivity contribution < 1.29 is 9.21 Å². The summed E-state index contributed by atoms with van der Waals surface area (Å²) in [4.78, 5) is 34.7. The number of nitrogens with zero attached hydrogens (tertiary/aromatic N) is 5. The SMILES string of the molecule is N#CCCN(CCC#N)C(=O)CSc1nc2sc3c(c2c(=O)n1Cc1ccco1)CCCC3. The Labute approximate surface area is 199 Å². The lowest BCUT2D eigenvalue weighted by Gasteiger charge is -2.20. The van der Waals surface area contributed by atoms with E-state index in [1.54, 1.807) is 28.2 Å². The van der Waals surface area contributed by atoms with E-state index in [2.05, 4.69) is 0 Å². The Morgan fingerprint density at radius 1 is 1.24 bits per heavy atom. The molecule has 1 aliphatic rings. The lowest BCUT2D eigenvalue weighted by Crippen LogP contribution is -2.34. The van der Waals surface area contributed by atoms with Gasteiger partial charge in [0.25, 0.3) is 5.56 Å². The first kappa shape index (κ1) is 23.1. The molecule has 0 fully saturated rings. The number of carbonyl (C=O) groups excluding carboxylic acids is 1. The summed E-state index contributed by atoms with van der Waals surface area (Å²) in [6, 6.07) is 7.66. The number of thioether (sulfide) groups is 1. The van der Waals surface area contributed by atoms with E-state index in [4.69, 9.17) is 19.9 Å². The number of thiophene rings is 1. The van der Waals surface area contributed by atoms with Gasteiger partial charge < -0.3 is 9.32 Å². The molecule has 0 radical (unpaired) electrons. The van der Waals surface area contributed by atoms with Crippen molar-refractivity contribution in [1.82, 2.24) is 14.5 Å². The second-order valence-corrected chi connectivity index (χ2v) is 9.77. The van der Waals surface area contributed by atoms with Crippen molar-refractivity contribution in [2.24, 2.45) is 0 Å². The van der Waals surface area contributed by atoms with Gasteiger partial charge in [-0.25, -0.2) is 4.98 Å². The molecule has 0 saturated heterocycles. The van der Waals surface area contributed by atoms with E-state index in [0.717, 1.165) is 36.1 Å². The fraction of sp³-hybridized carbons (Fsp3) is 0.435. The molecule has 8 nitrogen and oxygen atoms in total. The number of amides is 1. The average molecular weight is 482 g/mol. The van der Waals surface area contributed by atoms with E-state index in [9.17, 15) is 9.59 Å². The smallest absolute Gasteiger partial charge is 0.263 e. The zero-order valence-electron chi connectivity index (χ0n) is 18.1. The highest BCUT2D eigenvalue weighted by Crippen LogP contribution is 2.34. The molecule has 33 heavy (non-hydrogen) atoms. The minimum atomic E-state index is -0.185. The molecule has 0 aromatic carbocycles. The van der Waals surface area contributed by atoms with Crippen LogP contribution in [-0.2, 0) is 24.2 Å². The molecule has 0 spiro atoms. The Kier molecular flexibility index (Phi) is 7.48. The van der Waals surface area contributed by atoms with Crippen LogP contribution in [0.4, 0.5) is 0 Å². The third kappa shape index (κ3) is 5.13. The van der Waals surface area contributed by atoms with Crippen LogP contribution in [-0.4, -0.2) is 39.2 Å². The van der Waals surface area contributed by atoms with Crippen LogP contribution in [0.5, 0.6) is 0 Å². The van der Waals surface area contributed by atoms with Gasteiger partial charge in [0.05, 0.1) is 48.9 Å². The number of aryl methyl sites for hydroxylation is 2. The second kappa shape index (κ2) is 10.7. The van der Waals surface area contributed by atoms with Gasteiger partial charge in [-0.2, -0.15) is 10.5 Å². The fourth-order valence-corrected chi connectivity index (χ4v) is 6.18. The van der Waals surface area contributed by atoms with Gasteiger partial charge in [-0.3, -0.25) is 14.2 Å². The fourth-order valence-electron chi connectivity index (χ4n) is 3.98. The zero-order valence-corrected chi connectivity index (χ0v) is 19.7. The van der Waals surface area contributed by atoms with Crippen molar-refractivity contribution in [3.63, 3.8) is 0 Å². The highest BCUT2D eigenvalue weighted by Gasteiger charge is 2.23. The number of nitriles is 2. The maximum atomic E-state index is 13.6. The Hall–Kier alpha value is -3.08. The van der Waals surface area contributed by atoms with Crippen LogP contribution >= 0.6 is 23.1 Å². The predicted octanol–water partition coefficient (Wildman–Crippen LogP) is 3.73. The van der Waals surface area contributed by atoms with E-state index >= 15 is 0 Å². The molecule has 0 N–H and O–H groups in total. The van der Waals surface area contributed by atoms with Crippen LogP contribution in [0.3, 0.4) is 0 Å². The van der Waals surface area contributed by atoms with Crippen LogP contribution in [0.2, 0.25) is 0 Å². The van der Waals surface area contributed by atoms with Gasteiger partial charge >= 0.3 is 0 Å². The van der Waals surface area contributed by atoms with E-state index in [0.29, 0.717) is 16.3 Å². The van der Waals surface area contributed by atoms with Crippen molar-refractivity contribution in [3.8, 4) is 12.1 Å². The summed E-state index contributed by atoms with van der Waals surface area (Å²) >= 11 is 2.79. The number of fused-ring (bicyclic) bond motifs is 3. The van der Waals surface area contributed by atoms with E-state index in [1.807, 2.05) is 18.2 Å². The number of furan rings is 1. The summed E-state index contributed by atoms with van der Waals surface area (Å²) in [5.41, 5.74) is 1.02. The molecule has 10 heteroatoms. The number of hydrogen-bond acceptors (Lipinski definition) is 8. The van der Waals surface area contributed by atoms with Crippen LogP contribution in [0.25, 0.3) is 10.2 Å². The van der Waals surface area contributed by atoms with Gasteiger partial charge in [0.15, 0.2) is 5.16 Å².